The van der Waals surface area contributed by atoms with Crippen molar-refractivity contribution in [1.82, 2.24) is 9.97 Å². The molecule has 0 aromatic carbocycles. The molecule has 1 N–H and O–H groups in total. The second-order valence-corrected chi connectivity index (χ2v) is 4.95. The molecule has 0 unspecified atom stereocenters. The zero-order valence-corrected chi connectivity index (χ0v) is 11.5. The summed E-state index contributed by atoms with van der Waals surface area (Å²) in [6.07, 6.45) is 1.96. The van der Waals surface area contributed by atoms with Crippen molar-refractivity contribution in [3.8, 4) is 0 Å². The van der Waals surface area contributed by atoms with E-state index in [9.17, 15) is 9.59 Å². The van der Waals surface area contributed by atoms with Gasteiger partial charge in [-0.1, -0.05) is 18.7 Å². The third-order valence-electron chi connectivity index (χ3n) is 2.08. The van der Waals surface area contributed by atoms with Gasteiger partial charge < -0.3 is 9.72 Å². The molecule has 1 aromatic heterocycles. The molecule has 0 spiro atoms. The average Bonchev–Trinajstić information content (AvgIpc) is 2.31. The summed E-state index contributed by atoms with van der Waals surface area (Å²) in [6.45, 7) is 4.23. The van der Waals surface area contributed by atoms with E-state index in [0.717, 1.165) is 12.2 Å². The van der Waals surface area contributed by atoms with E-state index in [1.54, 1.807) is 6.92 Å². The number of esters is 1. The van der Waals surface area contributed by atoms with E-state index >= 15 is 0 Å². The van der Waals surface area contributed by atoms with Gasteiger partial charge in [-0.2, -0.15) is 0 Å². The number of nitrogens with zero attached hydrogens (tertiary/aromatic N) is 1. The van der Waals surface area contributed by atoms with Crippen molar-refractivity contribution in [2.24, 2.45) is 0 Å². The molecule has 0 fully saturated rings. The predicted molar refractivity (Wildman–Crippen MR) is 70.8 cm³/mol. The number of hydrogen-bond donors (Lipinski definition) is 1. The van der Waals surface area contributed by atoms with Gasteiger partial charge in [0, 0.05) is 23.9 Å². The summed E-state index contributed by atoms with van der Waals surface area (Å²) >= 11 is 1.44. The molecule has 0 atom stereocenters. The normalized spacial score (nSPS) is 10.3. The van der Waals surface area contributed by atoms with Crippen LogP contribution < -0.4 is 5.56 Å². The van der Waals surface area contributed by atoms with E-state index in [0.29, 0.717) is 30.3 Å². The minimum Gasteiger partial charge on any atom is -0.466 e. The molecule has 0 aliphatic rings. The van der Waals surface area contributed by atoms with E-state index in [4.69, 9.17) is 4.74 Å². The summed E-state index contributed by atoms with van der Waals surface area (Å²) in [5, 5.41) is 0.599. The predicted octanol–water partition coefficient (Wildman–Crippen LogP) is 1.90. The molecular weight excluding hydrogens is 252 g/mol. The summed E-state index contributed by atoms with van der Waals surface area (Å²) in [5.41, 5.74) is 0.552. The topological polar surface area (TPSA) is 72.0 Å². The minimum absolute atomic E-state index is 0.146. The van der Waals surface area contributed by atoms with Gasteiger partial charge >= 0.3 is 5.97 Å². The number of rotatable bonds is 7. The molecule has 1 aromatic rings. The van der Waals surface area contributed by atoms with Crippen LogP contribution in [0.4, 0.5) is 0 Å². The van der Waals surface area contributed by atoms with Gasteiger partial charge in [0.05, 0.1) is 6.61 Å². The Hall–Kier alpha value is -1.30. The van der Waals surface area contributed by atoms with Crippen LogP contribution in [0.15, 0.2) is 16.0 Å². The van der Waals surface area contributed by atoms with Gasteiger partial charge in [0.2, 0.25) is 0 Å². The van der Waals surface area contributed by atoms with Crippen LogP contribution in [0.2, 0.25) is 0 Å². The Morgan fingerprint density at radius 3 is 3.00 bits per heavy atom. The lowest BCUT2D eigenvalue weighted by Gasteiger charge is -2.03. The molecule has 0 aliphatic carbocycles. The van der Waals surface area contributed by atoms with Crippen LogP contribution in [-0.2, 0) is 9.53 Å². The van der Waals surface area contributed by atoms with Gasteiger partial charge in [0.15, 0.2) is 5.16 Å². The van der Waals surface area contributed by atoms with Crippen molar-refractivity contribution in [2.45, 2.75) is 38.3 Å². The maximum Gasteiger partial charge on any atom is 0.305 e. The second-order valence-electron chi connectivity index (χ2n) is 3.86. The highest BCUT2D eigenvalue weighted by molar-refractivity contribution is 7.99. The molecule has 18 heavy (non-hydrogen) atoms. The first-order valence-electron chi connectivity index (χ1n) is 5.98. The fraction of sp³-hybridized carbons (Fsp3) is 0.583. The third-order valence-corrected chi connectivity index (χ3v) is 3.04. The Morgan fingerprint density at radius 2 is 2.33 bits per heavy atom. The number of aromatic nitrogens is 2. The highest BCUT2D eigenvalue weighted by Gasteiger charge is 2.03. The lowest BCUT2D eigenvalue weighted by atomic mass is 10.3. The van der Waals surface area contributed by atoms with Crippen molar-refractivity contribution in [1.29, 1.82) is 0 Å². The average molecular weight is 270 g/mol. The number of hydrogen-bond acceptors (Lipinski definition) is 5. The van der Waals surface area contributed by atoms with Crippen molar-refractivity contribution < 1.29 is 9.53 Å². The summed E-state index contributed by atoms with van der Waals surface area (Å²) in [5.74, 6) is 0.566. The fourth-order valence-electron chi connectivity index (χ4n) is 1.29. The summed E-state index contributed by atoms with van der Waals surface area (Å²) in [6, 6.07) is 1.45. The fourth-order valence-corrected chi connectivity index (χ4v) is 2.16. The molecule has 1 heterocycles. The van der Waals surface area contributed by atoms with Crippen molar-refractivity contribution in [3.63, 3.8) is 0 Å². The van der Waals surface area contributed by atoms with Crippen LogP contribution in [0.5, 0.6) is 0 Å². The van der Waals surface area contributed by atoms with Crippen LogP contribution in [0.1, 0.15) is 31.9 Å². The summed E-state index contributed by atoms with van der Waals surface area (Å²) in [4.78, 5) is 29.2. The number of aryl methyl sites for hydroxylation is 1. The zero-order valence-electron chi connectivity index (χ0n) is 10.7. The van der Waals surface area contributed by atoms with E-state index in [-0.39, 0.29) is 11.5 Å². The first kappa shape index (κ1) is 14.8. The number of nitrogens with one attached hydrogen (secondary N) is 1. The molecule has 0 saturated carbocycles. The molecule has 0 aliphatic heterocycles. The molecule has 5 nitrogen and oxygen atoms in total. The van der Waals surface area contributed by atoms with Crippen LogP contribution in [-0.4, -0.2) is 28.3 Å². The van der Waals surface area contributed by atoms with Crippen LogP contribution >= 0.6 is 11.8 Å². The standard InChI is InChI=1S/C12H18N2O3S/c1-3-6-17-11(16)5-4-7-18-12-13-9(2)8-10(15)14-12/h8H,3-7H2,1-2H3,(H,13,14,15). The number of ether oxygens (including phenoxy) is 1. The monoisotopic (exact) mass is 270 g/mol. The Balaban J connectivity index is 2.25. The quantitative estimate of drug-likeness (QED) is 0.354. The Morgan fingerprint density at radius 1 is 1.56 bits per heavy atom. The second kappa shape index (κ2) is 7.92. The van der Waals surface area contributed by atoms with Gasteiger partial charge in [-0.25, -0.2) is 4.98 Å². The highest BCUT2D eigenvalue weighted by atomic mass is 32.2. The van der Waals surface area contributed by atoms with Gasteiger partial charge in [-0.05, 0) is 19.8 Å². The number of thioether (sulfide) groups is 1. The van der Waals surface area contributed by atoms with Crippen LogP contribution in [0.25, 0.3) is 0 Å². The van der Waals surface area contributed by atoms with E-state index in [1.807, 2.05) is 6.92 Å². The summed E-state index contributed by atoms with van der Waals surface area (Å²) < 4.78 is 4.96. The van der Waals surface area contributed by atoms with Crippen molar-refractivity contribution in [2.75, 3.05) is 12.4 Å². The van der Waals surface area contributed by atoms with E-state index in [1.165, 1.54) is 17.8 Å². The Bertz CT molecular complexity index is 445. The molecule has 6 heteroatoms. The Labute approximate surface area is 110 Å². The van der Waals surface area contributed by atoms with Gasteiger partial charge in [0.1, 0.15) is 0 Å². The van der Waals surface area contributed by atoms with Gasteiger partial charge in [-0.3, -0.25) is 9.59 Å². The SMILES string of the molecule is CCCOC(=O)CCCSc1nc(C)cc(=O)[nH]1. The third kappa shape index (κ3) is 5.86. The number of carbonyl (C=O) groups excluding carboxylic acids is 1. The van der Waals surface area contributed by atoms with E-state index in [2.05, 4.69) is 9.97 Å². The lowest BCUT2D eigenvalue weighted by Crippen LogP contribution is -2.08. The van der Waals surface area contributed by atoms with Crippen LogP contribution in [0.3, 0.4) is 0 Å². The summed E-state index contributed by atoms with van der Waals surface area (Å²) in [7, 11) is 0. The maximum absolute atomic E-state index is 11.2. The first-order valence-corrected chi connectivity index (χ1v) is 6.96. The maximum atomic E-state index is 11.2. The number of H-pyrrole nitrogens is 1. The van der Waals surface area contributed by atoms with Crippen molar-refractivity contribution in [3.05, 3.63) is 22.1 Å². The van der Waals surface area contributed by atoms with Gasteiger partial charge in [0.25, 0.3) is 5.56 Å². The largest absolute Gasteiger partial charge is 0.466 e. The lowest BCUT2D eigenvalue weighted by molar-refractivity contribution is -0.143. The molecule has 0 amide bonds. The first-order chi connectivity index (χ1) is 8.61. The Kier molecular flexibility index (Phi) is 6.49. The highest BCUT2D eigenvalue weighted by Crippen LogP contribution is 2.13. The number of aromatic amines is 1. The minimum atomic E-state index is -0.164. The van der Waals surface area contributed by atoms with E-state index < -0.39 is 0 Å². The zero-order chi connectivity index (χ0) is 13.4. The molecule has 0 saturated heterocycles. The number of carbonyl (C=O) groups is 1. The van der Waals surface area contributed by atoms with Gasteiger partial charge in [-0.15, -0.1) is 0 Å². The van der Waals surface area contributed by atoms with Crippen molar-refractivity contribution >= 4 is 17.7 Å². The molecule has 0 bridgehead atoms. The molecular formula is C12H18N2O3S. The van der Waals surface area contributed by atoms with Crippen LogP contribution in [0, 0.1) is 6.92 Å². The molecule has 1 rings (SSSR count). The molecule has 0 radical (unpaired) electrons. The molecule has 100 valence electrons. The smallest absolute Gasteiger partial charge is 0.305 e.